The molecule has 0 aliphatic carbocycles. The second-order valence-electron chi connectivity index (χ2n) is 23.4. The predicted octanol–water partition coefficient (Wildman–Crippen LogP) is 18.3. The highest BCUT2D eigenvalue weighted by atomic mass is 14.7. The second-order valence-corrected chi connectivity index (χ2v) is 23.4. The lowest BCUT2D eigenvalue weighted by Crippen LogP contribution is -2.14. The van der Waals surface area contributed by atoms with Gasteiger partial charge in [0, 0.05) is 24.2 Å². The third-order valence-corrected chi connectivity index (χ3v) is 11.4. The van der Waals surface area contributed by atoms with Crippen molar-refractivity contribution in [2.24, 2.45) is 0 Å². The van der Waals surface area contributed by atoms with Crippen molar-refractivity contribution in [3.05, 3.63) is 216 Å². The summed E-state index contributed by atoms with van der Waals surface area (Å²) in [6, 6.07) is 57.6. The quantitative estimate of drug-likeness (QED) is 0.173. The van der Waals surface area contributed by atoms with Crippen molar-refractivity contribution in [3.63, 3.8) is 0 Å². The number of nitrogens with zero attached hydrogens (tertiary/aromatic N) is 2. The smallest absolute Gasteiger partial charge is 0.0701 e. The van der Waals surface area contributed by atoms with Gasteiger partial charge >= 0.3 is 0 Å². The highest BCUT2D eigenvalue weighted by Crippen LogP contribution is 2.29. The highest BCUT2D eigenvalue weighted by Gasteiger charge is 2.18. The number of aromatic nitrogens is 2. The van der Waals surface area contributed by atoms with Gasteiger partial charge in [0.25, 0.3) is 0 Å². The number of benzene rings is 5. The first kappa shape index (κ1) is 54.7. The Bertz CT molecular complexity index is 2200. The van der Waals surface area contributed by atoms with Gasteiger partial charge in [-0.05, 0) is 95.2 Å². The van der Waals surface area contributed by atoms with Crippen molar-refractivity contribution in [1.29, 1.82) is 0 Å². The summed E-state index contributed by atoms with van der Waals surface area (Å²) in [5.41, 5.74) is 14.5. The molecule has 7 aromatic rings. The van der Waals surface area contributed by atoms with E-state index < -0.39 is 0 Å². The van der Waals surface area contributed by atoms with Gasteiger partial charge in [-0.25, -0.2) is 0 Å². The van der Waals surface area contributed by atoms with Gasteiger partial charge in [0.2, 0.25) is 0 Å². The minimum absolute atomic E-state index is 0.211. The Labute approximate surface area is 403 Å². The fraction of sp³-hybridized carbons (Fsp3) is 0.375. The largest absolute Gasteiger partial charge is 0.264 e. The minimum Gasteiger partial charge on any atom is -0.264 e. The Morgan fingerprint density at radius 3 is 0.848 bits per heavy atom. The molecule has 2 aromatic heterocycles. The van der Waals surface area contributed by atoms with E-state index >= 15 is 0 Å². The van der Waals surface area contributed by atoms with E-state index in [1.165, 1.54) is 50.1 Å². The molecule has 0 saturated heterocycles. The number of hydrogen-bond donors (Lipinski definition) is 0. The summed E-state index contributed by atoms with van der Waals surface area (Å²) in [6.07, 6.45) is 5.54. The first-order chi connectivity index (χ1) is 30.6. The predicted molar refractivity (Wildman–Crippen MR) is 291 cm³/mol. The fourth-order valence-corrected chi connectivity index (χ4v) is 6.68. The van der Waals surface area contributed by atoms with Crippen molar-refractivity contribution in [2.45, 2.75) is 157 Å². The summed E-state index contributed by atoms with van der Waals surface area (Å²) < 4.78 is 0. The molecule has 0 fully saturated rings. The lowest BCUT2D eigenvalue weighted by Gasteiger charge is -2.23. The van der Waals surface area contributed by atoms with Crippen LogP contribution in [-0.4, -0.2) is 9.97 Å². The van der Waals surface area contributed by atoms with E-state index in [9.17, 15) is 0 Å². The molecule has 2 heterocycles. The highest BCUT2D eigenvalue weighted by molar-refractivity contribution is 5.63. The zero-order chi connectivity index (χ0) is 49.4. The molecule has 0 N–H and O–H groups in total. The lowest BCUT2D eigenvalue weighted by atomic mass is 9.82. The van der Waals surface area contributed by atoms with Crippen molar-refractivity contribution in [3.8, 4) is 22.4 Å². The third kappa shape index (κ3) is 19.1. The zero-order valence-corrected chi connectivity index (χ0v) is 44.2. The maximum absolute atomic E-state index is 4.34. The van der Waals surface area contributed by atoms with Crippen LogP contribution < -0.4 is 0 Å². The van der Waals surface area contributed by atoms with Crippen LogP contribution in [0.25, 0.3) is 22.4 Å². The normalized spacial score (nSPS) is 11.8. The Hall–Kier alpha value is -5.60. The molecule has 7 rings (SSSR count). The third-order valence-electron chi connectivity index (χ3n) is 11.4. The molecule has 2 nitrogen and oxygen atoms in total. The average Bonchev–Trinajstić information content (AvgIpc) is 3.27. The zero-order valence-electron chi connectivity index (χ0n) is 44.2. The molecule has 0 saturated carbocycles. The monoisotopic (exact) mass is 881 g/mol. The van der Waals surface area contributed by atoms with Gasteiger partial charge in [0.1, 0.15) is 0 Å². The molecule has 0 unspecified atom stereocenters. The van der Waals surface area contributed by atoms with Gasteiger partial charge in [0.15, 0.2) is 0 Å². The molecule has 5 aromatic carbocycles. The summed E-state index contributed by atoms with van der Waals surface area (Å²) in [7, 11) is 0. The SMILES string of the molecule is CC(C)(C)c1ccc(-c2ccccc2)cc1.CC(C)(C)c1ccc(-c2ccccn2)cc1.CC(C)(C)c1ccc(C(C)(C)C)cc1.CC(C)(C)c1ccccc1.CC(C)(C)c1cccnc1. The van der Waals surface area contributed by atoms with Crippen molar-refractivity contribution in [2.75, 3.05) is 0 Å². The van der Waals surface area contributed by atoms with Crippen LogP contribution in [0, 0.1) is 0 Å². The standard InChI is InChI=1S/C16H18.C15H17N.C14H22.C10H14.C9H13N/c1-16(2,3)15-11-9-14(10-12-15)13-7-5-4-6-8-13;1-15(2,3)13-9-7-12(8-10-13)14-6-4-5-11-16-14;1-13(2,3)11-7-9-12(10-8-11)14(4,5)6;1-10(2,3)9-7-5-4-6-8-9;1-9(2,3)8-5-4-6-10-7-8/h4-12H,1-3H3;4-11H,1-3H3;7-10H,1-6H3;4-8H,1-3H3;4-7H,1-3H3. The molecule has 0 bridgehead atoms. The van der Waals surface area contributed by atoms with Crippen LogP contribution >= 0.6 is 0 Å². The van der Waals surface area contributed by atoms with Crippen LogP contribution in [-0.2, 0) is 32.5 Å². The molecule has 0 aliphatic rings. The van der Waals surface area contributed by atoms with E-state index in [0.717, 1.165) is 5.69 Å². The van der Waals surface area contributed by atoms with Crippen LogP contribution in [0.2, 0.25) is 0 Å². The molecular formula is C64H84N2. The summed E-state index contributed by atoms with van der Waals surface area (Å²) in [6.45, 7) is 40.1. The molecule has 0 amide bonds. The maximum atomic E-state index is 4.34. The van der Waals surface area contributed by atoms with Gasteiger partial charge in [-0.2, -0.15) is 0 Å². The van der Waals surface area contributed by atoms with Crippen molar-refractivity contribution in [1.82, 2.24) is 9.97 Å². The first-order valence-electron chi connectivity index (χ1n) is 23.8. The van der Waals surface area contributed by atoms with Crippen LogP contribution in [0.4, 0.5) is 0 Å². The van der Waals surface area contributed by atoms with E-state index in [0.29, 0.717) is 5.41 Å². The summed E-state index contributed by atoms with van der Waals surface area (Å²) in [5, 5.41) is 0. The van der Waals surface area contributed by atoms with Crippen LogP contribution in [0.15, 0.2) is 182 Å². The van der Waals surface area contributed by atoms with E-state index in [2.05, 4.69) is 268 Å². The van der Waals surface area contributed by atoms with E-state index in [1.54, 1.807) is 6.20 Å². The topological polar surface area (TPSA) is 25.8 Å². The number of pyridine rings is 2. The van der Waals surface area contributed by atoms with E-state index in [1.807, 2.05) is 42.7 Å². The Balaban J connectivity index is 0.000000222. The Morgan fingerprint density at radius 1 is 0.242 bits per heavy atom. The molecule has 0 radical (unpaired) electrons. The van der Waals surface area contributed by atoms with Gasteiger partial charge in [-0.1, -0.05) is 270 Å². The summed E-state index contributed by atoms with van der Waals surface area (Å²) in [5.74, 6) is 0. The molecule has 0 spiro atoms. The molecule has 0 aliphatic heterocycles. The average molecular weight is 881 g/mol. The van der Waals surface area contributed by atoms with Gasteiger partial charge < -0.3 is 0 Å². The lowest BCUT2D eigenvalue weighted by molar-refractivity contribution is 0.577. The number of rotatable bonds is 2. The molecule has 0 atom stereocenters. The second kappa shape index (κ2) is 23.7. The van der Waals surface area contributed by atoms with Gasteiger partial charge in [-0.3, -0.25) is 9.97 Å². The summed E-state index contributed by atoms with van der Waals surface area (Å²) in [4.78, 5) is 8.39. The molecule has 350 valence electrons. The molecule has 66 heavy (non-hydrogen) atoms. The summed E-state index contributed by atoms with van der Waals surface area (Å²) >= 11 is 0. The van der Waals surface area contributed by atoms with Gasteiger partial charge in [0.05, 0.1) is 5.69 Å². The molecule has 2 heteroatoms. The number of hydrogen-bond acceptors (Lipinski definition) is 2. The van der Waals surface area contributed by atoms with Crippen molar-refractivity contribution >= 4 is 0 Å². The minimum atomic E-state index is 0.211. The molecular weight excluding hydrogens is 797 g/mol. The van der Waals surface area contributed by atoms with Crippen LogP contribution in [0.5, 0.6) is 0 Å². The van der Waals surface area contributed by atoms with E-state index in [-0.39, 0.29) is 27.1 Å². The van der Waals surface area contributed by atoms with Crippen LogP contribution in [0.1, 0.15) is 158 Å². The maximum Gasteiger partial charge on any atom is 0.0701 e. The first-order valence-corrected chi connectivity index (χ1v) is 23.8. The van der Waals surface area contributed by atoms with Crippen LogP contribution in [0.3, 0.4) is 0 Å². The Morgan fingerprint density at radius 2 is 0.545 bits per heavy atom. The van der Waals surface area contributed by atoms with Crippen molar-refractivity contribution < 1.29 is 0 Å². The fourth-order valence-electron chi connectivity index (χ4n) is 6.68. The van der Waals surface area contributed by atoms with Gasteiger partial charge in [-0.15, -0.1) is 0 Å². The van der Waals surface area contributed by atoms with E-state index in [4.69, 9.17) is 0 Å². The Kier molecular flexibility index (Phi) is 19.7.